The lowest BCUT2D eigenvalue weighted by Crippen LogP contribution is -2.23. The average molecular weight is 564 g/mol. The van der Waals surface area contributed by atoms with Crippen LogP contribution < -0.4 is 5.32 Å². The molecule has 0 bridgehead atoms. The molecule has 4 heterocycles. The zero-order valence-corrected chi connectivity index (χ0v) is 25.2. The fraction of sp³-hybridized carbons (Fsp3) is 0.182. The number of fused-ring (bicyclic) bond motifs is 1. The molecule has 0 amide bonds. The number of nitrogens with zero attached hydrogens (tertiary/aromatic N) is 4. The minimum Gasteiger partial charge on any atom is -0.358 e. The third-order valence-corrected chi connectivity index (χ3v) is 7.63. The molecule has 0 saturated carbocycles. The maximum atomic E-state index is 5.01. The molecule has 7 nitrogen and oxygen atoms in total. The van der Waals surface area contributed by atoms with Crippen LogP contribution in [0.25, 0.3) is 39.1 Å². The van der Waals surface area contributed by atoms with Gasteiger partial charge in [-0.25, -0.2) is 4.98 Å². The Morgan fingerprint density at radius 2 is 1.93 bits per heavy atom. The number of aromatic nitrogens is 5. The summed E-state index contributed by atoms with van der Waals surface area (Å²) in [6, 6.07) is 6.23. The van der Waals surface area contributed by atoms with Gasteiger partial charge >= 0.3 is 0 Å². The second-order valence-corrected chi connectivity index (χ2v) is 11.1. The van der Waals surface area contributed by atoms with Gasteiger partial charge in [0.1, 0.15) is 5.69 Å². The van der Waals surface area contributed by atoms with Gasteiger partial charge in [0.15, 0.2) is 5.82 Å². The van der Waals surface area contributed by atoms with Gasteiger partial charge < -0.3 is 15.2 Å². The Bertz CT molecular complexity index is 1720. The molecule has 0 spiro atoms. The largest absolute Gasteiger partial charge is 0.358 e. The first-order chi connectivity index (χ1) is 19.6. The van der Waals surface area contributed by atoms with Crippen molar-refractivity contribution in [3.63, 3.8) is 0 Å². The Morgan fingerprint density at radius 1 is 1.17 bits per heavy atom. The van der Waals surface area contributed by atoms with Crippen LogP contribution in [-0.2, 0) is 0 Å². The lowest BCUT2D eigenvalue weighted by molar-refractivity contribution is 0.438. The molecule has 0 aliphatic rings. The number of hydrogen-bond donors (Lipinski definition) is 3. The average Bonchev–Trinajstić information content (AvgIpc) is 3.67. The molecule has 4 aromatic rings. The van der Waals surface area contributed by atoms with E-state index in [0.717, 1.165) is 78.1 Å². The zero-order chi connectivity index (χ0) is 29.7. The third-order valence-electron chi connectivity index (χ3n) is 6.35. The van der Waals surface area contributed by atoms with E-state index in [1.54, 1.807) is 29.7 Å². The Morgan fingerprint density at radius 3 is 2.56 bits per heavy atom. The minimum absolute atomic E-state index is 0.679. The summed E-state index contributed by atoms with van der Waals surface area (Å²) in [6.07, 6.45) is 11.4. The van der Waals surface area contributed by atoms with E-state index in [1.165, 1.54) is 0 Å². The number of rotatable bonds is 12. The van der Waals surface area contributed by atoms with Gasteiger partial charge in [0.25, 0.3) is 0 Å². The summed E-state index contributed by atoms with van der Waals surface area (Å²) in [6.45, 7) is 22.8. The number of aryl methyl sites for hydroxylation is 1. The van der Waals surface area contributed by atoms with Crippen molar-refractivity contribution >= 4 is 39.0 Å². The van der Waals surface area contributed by atoms with Gasteiger partial charge in [0, 0.05) is 44.3 Å². The van der Waals surface area contributed by atoms with Gasteiger partial charge in [0.05, 0.1) is 23.1 Å². The molecule has 210 valence electrons. The monoisotopic (exact) mass is 563 g/mol. The lowest BCUT2D eigenvalue weighted by atomic mass is 10.1. The van der Waals surface area contributed by atoms with Gasteiger partial charge in [-0.1, -0.05) is 44.5 Å². The fourth-order valence-corrected chi connectivity index (χ4v) is 5.40. The van der Waals surface area contributed by atoms with Crippen LogP contribution in [0.2, 0.25) is 0 Å². The summed E-state index contributed by atoms with van der Waals surface area (Å²) in [5.74, 6) is 0.679. The normalized spacial score (nSPS) is 12.7. The number of imidazole rings is 1. The van der Waals surface area contributed by atoms with Crippen molar-refractivity contribution < 1.29 is 0 Å². The topological polar surface area (TPSA) is 85.5 Å². The first-order valence-corrected chi connectivity index (χ1v) is 14.1. The lowest BCUT2D eigenvalue weighted by Gasteiger charge is -2.15. The SMILES string of the molecule is C=C/C=C(/c1ccc(C(=C)C)s1)c1nc(-c2n[nH]c3cnc(C(/C=C(\C=C)NC(=C)CN(C)C)=C/C)cc23)[nH]c1C. The predicted octanol–water partition coefficient (Wildman–Crippen LogP) is 7.51. The van der Waals surface area contributed by atoms with Gasteiger partial charge in [0.2, 0.25) is 0 Å². The zero-order valence-electron chi connectivity index (χ0n) is 24.4. The molecule has 3 N–H and O–H groups in total. The smallest absolute Gasteiger partial charge is 0.159 e. The number of H-pyrrole nitrogens is 2. The number of likely N-dealkylation sites (N-methyl/N-ethyl adjacent to an activating group) is 1. The molecule has 0 radical (unpaired) electrons. The quantitative estimate of drug-likeness (QED) is 0.155. The molecule has 4 aromatic heterocycles. The number of allylic oxidation sites excluding steroid dienone is 7. The van der Waals surface area contributed by atoms with Gasteiger partial charge in [-0.15, -0.1) is 11.3 Å². The summed E-state index contributed by atoms with van der Waals surface area (Å²) >= 11 is 1.69. The van der Waals surface area contributed by atoms with Crippen molar-refractivity contribution in [3.8, 4) is 11.5 Å². The van der Waals surface area contributed by atoms with Crippen molar-refractivity contribution in [2.75, 3.05) is 20.6 Å². The molecule has 0 aliphatic heterocycles. The van der Waals surface area contributed by atoms with E-state index in [-0.39, 0.29) is 0 Å². The van der Waals surface area contributed by atoms with Crippen LogP contribution in [0.3, 0.4) is 0 Å². The van der Waals surface area contributed by atoms with Gasteiger partial charge in [-0.2, -0.15) is 5.10 Å². The van der Waals surface area contributed by atoms with Gasteiger partial charge in [-0.3, -0.25) is 10.1 Å². The molecular formula is C33H37N7S. The van der Waals surface area contributed by atoms with Crippen molar-refractivity contribution in [1.29, 1.82) is 0 Å². The van der Waals surface area contributed by atoms with Crippen molar-refractivity contribution in [3.05, 3.63) is 119 Å². The summed E-state index contributed by atoms with van der Waals surface area (Å²) in [5.41, 5.74) is 8.87. The third kappa shape index (κ3) is 6.62. The molecule has 0 aliphatic carbocycles. The summed E-state index contributed by atoms with van der Waals surface area (Å²) < 4.78 is 0. The highest BCUT2D eigenvalue weighted by Crippen LogP contribution is 2.35. The Hall–Kier alpha value is -4.53. The Balaban J connectivity index is 1.72. The standard InChI is InChI=1S/C33H37N7S/c1-10-13-25(30-15-14-29(41-30)20(4)5)31-22(7)36-33(37-31)32-26-17-27(34-18-28(26)38-39-32)23(11-2)16-24(12-3)35-21(6)19-40(8)9/h10-18,35H,1,3-4,6,19H2,2,5,7-9H3,(H,36,37)(H,38,39)/b23-11+,24-16+,25-13-. The van der Waals surface area contributed by atoms with Crippen molar-refractivity contribution in [2.45, 2.75) is 20.8 Å². The predicted molar refractivity (Wildman–Crippen MR) is 175 cm³/mol. The first kappa shape index (κ1) is 29.5. The van der Waals surface area contributed by atoms with Crippen molar-refractivity contribution in [2.24, 2.45) is 0 Å². The number of nitrogens with one attached hydrogen (secondary N) is 3. The second kappa shape index (κ2) is 12.8. The van der Waals surface area contributed by atoms with Crippen LogP contribution in [0.4, 0.5) is 0 Å². The van der Waals surface area contributed by atoms with Crippen LogP contribution in [0.5, 0.6) is 0 Å². The van der Waals surface area contributed by atoms with Gasteiger partial charge in [-0.05, 0) is 76.4 Å². The minimum atomic E-state index is 0.679. The van der Waals surface area contributed by atoms with Crippen LogP contribution >= 0.6 is 11.3 Å². The molecular weight excluding hydrogens is 526 g/mol. The molecule has 4 rings (SSSR count). The van der Waals surface area contributed by atoms with E-state index >= 15 is 0 Å². The van der Waals surface area contributed by atoms with Crippen molar-refractivity contribution in [1.82, 2.24) is 35.4 Å². The van der Waals surface area contributed by atoms with Crippen LogP contribution in [0.15, 0.2) is 92.5 Å². The van der Waals surface area contributed by atoms with E-state index in [9.17, 15) is 0 Å². The van der Waals surface area contributed by atoms with Crippen LogP contribution in [0.1, 0.15) is 40.7 Å². The Labute approximate surface area is 246 Å². The molecule has 0 atom stereocenters. The number of pyridine rings is 1. The maximum Gasteiger partial charge on any atom is 0.159 e. The molecule has 0 unspecified atom stereocenters. The summed E-state index contributed by atoms with van der Waals surface area (Å²) in [4.78, 5) is 17.5. The van der Waals surface area contributed by atoms with E-state index in [0.29, 0.717) is 5.82 Å². The highest BCUT2D eigenvalue weighted by Gasteiger charge is 2.19. The highest BCUT2D eigenvalue weighted by molar-refractivity contribution is 7.14. The molecule has 0 fully saturated rings. The Kier molecular flexibility index (Phi) is 9.17. The fourth-order valence-electron chi connectivity index (χ4n) is 4.44. The molecule has 0 aromatic carbocycles. The first-order valence-electron chi connectivity index (χ1n) is 13.3. The summed E-state index contributed by atoms with van der Waals surface area (Å²) in [7, 11) is 4.01. The number of aromatic amines is 2. The maximum absolute atomic E-state index is 5.01. The van der Waals surface area contributed by atoms with E-state index < -0.39 is 0 Å². The van der Waals surface area contributed by atoms with Crippen LogP contribution in [-0.4, -0.2) is 50.7 Å². The van der Waals surface area contributed by atoms with E-state index in [1.807, 2.05) is 59.2 Å². The molecule has 8 heteroatoms. The van der Waals surface area contributed by atoms with E-state index in [4.69, 9.17) is 9.97 Å². The molecule has 41 heavy (non-hydrogen) atoms. The number of thiophene rings is 1. The second-order valence-electron chi connectivity index (χ2n) is 10.0. The summed E-state index contributed by atoms with van der Waals surface area (Å²) in [5, 5.41) is 12.0. The highest BCUT2D eigenvalue weighted by atomic mass is 32.1. The van der Waals surface area contributed by atoms with E-state index in [2.05, 4.69) is 63.8 Å². The van der Waals surface area contributed by atoms with Crippen LogP contribution in [0, 0.1) is 6.92 Å². The number of hydrogen-bond acceptors (Lipinski definition) is 6. The molecule has 0 saturated heterocycles.